The average Bonchev–Trinajstić information content (AvgIpc) is 2.19. The largest absolute Gasteiger partial charge is 0.405 e. The molecule has 5 heteroatoms. The third kappa shape index (κ3) is 4.17. The highest BCUT2D eigenvalue weighted by molar-refractivity contribution is 5.59. The molecule has 2 nitrogen and oxygen atoms in total. The average molecular weight is 246 g/mol. The van der Waals surface area contributed by atoms with Crippen molar-refractivity contribution in [3.05, 3.63) is 23.8 Å². The van der Waals surface area contributed by atoms with Crippen LogP contribution >= 0.6 is 0 Å². The summed E-state index contributed by atoms with van der Waals surface area (Å²) >= 11 is 0. The number of nitrogen functional groups attached to an aromatic ring is 1. The van der Waals surface area contributed by atoms with Crippen LogP contribution in [0.15, 0.2) is 18.2 Å². The van der Waals surface area contributed by atoms with E-state index in [0.717, 1.165) is 5.56 Å². The molecule has 2 N–H and O–H groups in total. The Labute approximate surface area is 99.2 Å². The Morgan fingerprint density at radius 2 is 1.94 bits per heavy atom. The van der Waals surface area contributed by atoms with E-state index in [9.17, 15) is 13.2 Å². The minimum absolute atomic E-state index is 0.363. The Bertz CT molecular complexity index is 375. The van der Waals surface area contributed by atoms with Gasteiger partial charge in [-0.25, -0.2) is 0 Å². The number of nitrogens with two attached hydrogens (primary N) is 1. The van der Waals surface area contributed by atoms with Crippen molar-refractivity contribution in [2.45, 2.75) is 26.4 Å². The van der Waals surface area contributed by atoms with Crippen LogP contribution in [-0.4, -0.2) is 19.3 Å². The lowest BCUT2D eigenvalue weighted by molar-refractivity contribution is -0.119. The summed E-state index contributed by atoms with van der Waals surface area (Å²) in [6.07, 6.45) is -3.54. The third-order valence-electron chi connectivity index (χ3n) is 2.49. The number of nitrogens with zero attached hydrogens (tertiary/aromatic N) is 1. The van der Waals surface area contributed by atoms with Crippen molar-refractivity contribution in [1.29, 1.82) is 0 Å². The van der Waals surface area contributed by atoms with E-state index in [0.29, 0.717) is 24.3 Å². The standard InChI is InChI=1S/C12H17F3N2/c1-3-6-17(8-12(13,14)15)10-5-4-9(2)11(16)7-10/h4-5,7H,3,6,8,16H2,1-2H3. The van der Waals surface area contributed by atoms with Crippen LogP contribution in [0.4, 0.5) is 24.5 Å². The summed E-state index contributed by atoms with van der Waals surface area (Å²) < 4.78 is 37.3. The monoisotopic (exact) mass is 246 g/mol. The molecule has 0 aromatic heterocycles. The van der Waals surface area contributed by atoms with Gasteiger partial charge in [-0.15, -0.1) is 0 Å². The second-order valence-electron chi connectivity index (χ2n) is 4.08. The van der Waals surface area contributed by atoms with Gasteiger partial charge < -0.3 is 10.6 Å². The molecule has 1 rings (SSSR count). The number of alkyl halides is 3. The van der Waals surface area contributed by atoms with E-state index in [-0.39, 0.29) is 0 Å². The van der Waals surface area contributed by atoms with Crippen LogP contribution < -0.4 is 10.6 Å². The number of halogens is 3. The number of hydrogen-bond donors (Lipinski definition) is 1. The molecule has 0 aliphatic heterocycles. The molecule has 0 aliphatic carbocycles. The van der Waals surface area contributed by atoms with E-state index >= 15 is 0 Å². The Morgan fingerprint density at radius 1 is 1.29 bits per heavy atom. The molecule has 0 radical (unpaired) electrons. The first-order valence-electron chi connectivity index (χ1n) is 5.51. The van der Waals surface area contributed by atoms with Crippen LogP contribution in [0.2, 0.25) is 0 Å². The Balaban J connectivity index is 2.93. The van der Waals surface area contributed by atoms with Crippen molar-refractivity contribution in [1.82, 2.24) is 0 Å². The van der Waals surface area contributed by atoms with Gasteiger partial charge in [-0.05, 0) is 31.0 Å². The van der Waals surface area contributed by atoms with Gasteiger partial charge in [-0.2, -0.15) is 13.2 Å². The molecule has 0 unspecified atom stereocenters. The highest BCUT2D eigenvalue weighted by Gasteiger charge is 2.30. The van der Waals surface area contributed by atoms with Gasteiger partial charge in [0.25, 0.3) is 0 Å². The molecule has 0 saturated heterocycles. The van der Waals surface area contributed by atoms with Crippen molar-refractivity contribution in [3.63, 3.8) is 0 Å². The quantitative estimate of drug-likeness (QED) is 0.825. The van der Waals surface area contributed by atoms with Crippen LogP contribution in [0.3, 0.4) is 0 Å². The van der Waals surface area contributed by atoms with Gasteiger partial charge in [0.05, 0.1) is 0 Å². The molecule has 96 valence electrons. The zero-order valence-electron chi connectivity index (χ0n) is 10.0. The second-order valence-corrected chi connectivity index (χ2v) is 4.08. The highest BCUT2D eigenvalue weighted by Crippen LogP contribution is 2.25. The van der Waals surface area contributed by atoms with Gasteiger partial charge in [0.1, 0.15) is 6.54 Å². The first-order valence-corrected chi connectivity index (χ1v) is 5.51. The zero-order valence-corrected chi connectivity index (χ0v) is 10.0. The molecule has 0 amide bonds. The van der Waals surface area contributed by atoms with E-state index in [2.05, 4.69) is 0 Å². The Hall–Kier alpha value is -1.39. The van der Waals surface area contributed by atoms with E-state index in [1.54, 1.807) is 18.2 Å². The number of hydrogen-bond acceptors (Lipinski definition) is 2. The summed E-state index contributed by atoms with van der Waals surface area (Å²) in [5, 5.41) is 0. The second kappa shape index (κ2) is 5.29. The lowest BCUT2D eigenvalue weighted by Gasteiger charge is -2.26. The van der Waals surface area contributed by atoms with E-state index in [4.69, 9.17) is 5.73 Å². The summed E-state index contributed by atoms with van der Waals surface area (Å²) in [6.45, 7) is 3.10. The molecule has 0 saturated carbocycles. The SMILES string of the molecule is CCCN(CC(F)(F)F)c1ccc(C)c(N)c1. The van der Waals surface area contributed by atoms with E-state index < -0.39 is 12.7 Å². The third-order valence-corrected chi connectivity index (χ3v) is 2.49. The minimum atomic E-state index is -4.20. The molecule has 0 heterocycles. The summed E-state index contributed by atoms with van der Waals surface area (Å²) in [5.41, 5.74) is 7.62. The number of anilines is 2. The summed E-state index contributed by atoms with van der Waals surface area (Å²) in [5.74, 6) is 0. The molecule has 0 spiro atoms. The predicted molar refractivity (Wildman–Crippen MR) is 64.2 cm³/mol. The van der Waals surface area contributed by atoms with E-state index in [1.165, 1.54) is 4.90 Å². The van der Waals surface area contributed by atoms with Crippen LogP contribution in [-0.2, 0) is 0 Å². The first kappa shape index (κ1) is 13.7. The normalized spacial score (nSPS) is 11.6. The van der Waals surface area contributed by atoms with Crippen LogP contribution in [0.25, 0.3) is 0 Å². The van der Waals surface area contributed by atoms with Crippen molar-refractivity contribution < 1.29 is 13.2 Å². The molecule has 1 aromatic carbocycles. The fraction of sp³-hybridized carbons (Fsp3) is 0.500. The Morgan fingerprint density at radius 3 is 2.41 bits per heavy atom. The first-order chi connectivity index (χ1) is 7.83. The van der Waals surface area contributed by atoms with Crippen molar-refractivity contribution in [2.24, 2.45) is 0 Å². The number of aryl methyl sites for hydroxylation is 1. The number of rotatable bonds is 4. The van der Waals surface area contributed by atoms with Gasteiger partial charge in [-0.3, -0.25) is 0 Å². The summed E-state index contributed by atoms with van der Waals surface area (Å²) in [4.78, 5) is 1.30. The van der Waals surface area contributed by atoms with Crippen LogP contribution in [0.1, 0.15) is 18.9 Å². The molecular weight excluding hydrogens is 229 g/mol. The fourth-order valence-electron chi connectivity index (χ4n) is 1.61. The molecule has 0 aliphatic rings. The van der Waals surface area contributed by atoms with Crippen molar-refractivity contribution in [2.75, 3.05) is 23.7 Å². The maximum Gasteiger partial charge on any atom is 0.405 e. The van der Waals surface area contributed by atoms with Gasteiger partial charge in [0, 0.05) is 17.9 Å². The zero-order chi connectivity index (χ0) is 13.1. The molecule has 0 atom stereocenters. The van der Waals surface area contributed by atoms with Crippen LogP contribution in [0, 0.1) is 6.92 Å². The van der Waals surface area contributed by atoms with Crippen molar-refractivity contribution in [3.8, 4) is 0 Å². The lowest BCUT2D eigenvalue weighted by atomic mass is 10.1. The predicted octanol–water partition coefficient (Wildman–Crippen LogP) is 3.36. The van der Waals surface area contributed by atoms with Gasteiger partial charge in [-0.1, -0.05) is 13.0 Å². The maximum absolute atomic E-state index is 12.4. The Kier molecular flexibility index (Phi) is 4.26. The fourth-order valence-corrected chi connectivity index (χ4v) is 1.61. The van der Waals surface area contributed by atoms with Crippen molar-refractivity contribution >= 4 is 11.4 Å². The maximum atomic E-state index is 12.4. The van der Waals surface area contributed by atoms with E-state index in [1.807, 2.05) is 13.8 Å². The summed E-state index contributed by atoms with van der Waals surface area (Å²) in [6, 6.07) is 5.01. The molecule has 1 aromatic rings. The highest BCUT2D eigenvalue weighted by atomic mass is 19.4. The molecular formula is C12H17F3N2. The lowest BCUT2D eigenvalue weighted by Crippen LogP contribution is -2.34. The van der Waals surface area contributed by atoms with Gasteiger partial charge in [0.15, 0.2) is 0 Å². The van der Waals surface area contributed by atoms with Gasteiger partial charge in [0.2, 0.25) is 0 Å². The van der Waals surface area contributed by atoms with Gasteiger partial charge >= 0.3 is 6.18 Å². The molecule has 17 heavy (non-hydrogen) atoms. The smallest absolute Gasteiger partial charge is 0.398 e. The topological polar surface area (TPSA) is 29.3 Å². The molecule has 0 fully saturated rings. The van der Waals surface area contributed by atoms with Crippen LogP contribution in [0.5, 0.6) is 0 Å². The molecule has 0 bridgehead atoms. The summed E-state index contributed by atoms with van der Waals surface area (Å²) in [7, 11) is 0. The minimum Gasteiger partial charge on any atom is -0.398 e. The number of benzene rings is 1.